The Bertz CT molecular complexity index is 765. The van der Waals surface area contributed by atoms with Gasteiger partial charge in [0.2, 0.25) is 0 Å². The minimum atomic E-state index is -3.93. The first-order valence-electron chi connectivity index (χ1n) is 5.49. The molecule has 0 spiro atoms. The van der Waals surface area contributed by atoms with Crippen LogP contribution in [0.25, 0.3) is 0 Å². The molecule has 0 saturated carbocycles. The van der Waals surface area contributed by atoms with Crippen LogP contribution in [0.1, 0.15) is 5.56 Å². The molecule has 20 heavy (non-hydrogen) atoms. The summed E-state index contributed by atoms with van der Waals surface area (Å²) >= 11 is 3.13. The summed E-state index contributed by atoms with van der Waals surface area (Å²) in [5.74, 6) is -0.626. The lowest BCUT2D eigenvalue weighted by molar-refractivity contribution is 0.601. The third-order valence-corrected chi connectivity index (χ3v) is 4.41. The van der Waals surface area contributed by atoms with Crippen molar-refractivity contribution in [1.82, 2.24) is 4.98 Å². The molecule has 2 rings (SSSR count). The van der Waals surface area contributed by atoms with Crippen LogP contribution in [0.5, 0.6) is 0 Å². The van der Waals surface area contributed by atoms with Crippen molar-refractivity contribution in [3.05, 3.63) is 46.3 Å². The van der Waals surface area contributed by atoms with Gasteiger partial charge in [-0.1, -0.05) is 6.07 Å². The molecule has 2 aromatic rings. The van der Waals surface area contributed by atoms with Crippen LogP contribution < -0.4 is 10.5 Å². The topological polar surface area (TPSA) is 85.1 Å². The zero-order chi connectivity index (χ0) is 14.9. The maximum absolute atomic E-state index is 13.4. The second kappa shape index (κ2) is 5.37. The Hall–Kier alpha value is -1.67. The van der Waals surface area contributed by atoms with Gasteiger partial charge in [0.15, 0.2) is 0 Å². The monoisotopic (exact) mass is 359 g/mol. The van der Waals surface area contributed by atoms with Crippen LogP contribution in [0.4, 0.5) is 15.9 Å². The summed E-state index contributed by atoms with van der Waals surface area (Å²) in [5.41, 5.74) is 6.10. The van der Waals surface area contributed by atoms with E-state index in [1.807, 2.05) is 0 Å². The van der Waals surface area contributed by atoms with E-state index in [2.05, 4.69) is 25.6 Å². The molecule has 0 atom stereocenters. The summed E-state index contributed by atoms with van der Waals surface area (Å²) < 4.78 is 40.6. The van der Waals surface area contributed by atoms with Gasteiger partial charge >= 0.3 is 0 Å². The number of nitrogens with zero attached hydrogens (tertiary/aromatic N) is 1. The average Bonchev–Trinajstić information content (AvgIpc) is 2.36. The molecule has 0 radical (unpaired) electrons. The zero-order valence-corrected chi connectivity index (χ0v) is 12.8. The number of aromatic nitrogens is 1. The fourth-order valence-corrected chi connectivity index (χ4v) is 3.15. The lowest BCUT2D eigenvalue weighted by atomic mass is 10.2. The van der Waals surface area contributed by atoms with Crippen molar-refractivity contribution in [3.63, 3.8) is 0 Å². The van der Waals surface area contributed by atoms with Gasteiger partial charge in [-0.2, -0.15) is 0 Å². The van der Waals surface area contributed by atoms with E-state index in [4.69, 9.17) is 5.73 Å². The summed E-state index contributed by atoms with van der Waals surface area (Å²) in [6, 6.07) is 5.39. The lowest BCUT2D eigenvalue weighted by Gasteiger charge is -2.10. The molecule has 0 fully saturated rings. The van der Waals surface area contributed by atoms with Crippen molar-refractivity contribution in [3.8, 4) is 0 Å². The van der Waals surface area contributed by atoms with Gasteiger partial charge < -0.3 is 5.73 Å². The number of rotatable bonds is 3. The predicted molar refractivity (Wildman–Crippen MR) is 78.3 cm³/mol. The smallest absolute Gasteiger partial charge is 0.265 e. The molecule has 5 nitrogen and oxygen atoms in total. The van der Waals surface area contributed by atoms with Crippen molar-refractivity contribution >= 4 is 37.5 Å². The number of anilines is 2. The predicted octanol–water partition coefficient (Wildman–Crippen LogP) is 2.67. The number of pyridine rings is 1. The number of hydrogen-bond acceptors (Lipinski definition) is 4. The lowest BCUT2D eigenvalue weighted by Crippen LogP contribution is -2.15. The highest BCUT2D eigenvalue weighted by molar-refractivity contribution is 9.10. The number of sulfonamides is 1. The van der Waals surface area contributed by atoms with Crippen molar-refractivity contribution in [2.24, 2.45) is 0 Å². The highest BCUT2D eigenvalue weighted by atomic mass is 79.9. The quantitative estimate of drug-likeness (QED) is 0.881. The summed E-state index contributed by atoms with van der Waals surface area (Å²) in [6.45, 7) is 1.59. The first kappa shape index (κ1) is 14.7. The van der Waals surface area contributed by atoms with Crippen molar-refractivity contribution in [2.75, 3.05) is 10.5 Å². The fourth-order valence-electron chi connectivity index (χ4n) is 1.51. The van der Waals surface area contributed by atoms with Crippen LogP contribution >= 0.6 is 15.9 Å². The molecule has 0 saturated heterocycles. The SMILES string of the molecule is Cc1ccc(NS(=O)(=O)c2cc(Br)cnc2N)cc1F. The van der Waals surface area contributed by atoms with Gasteiger partial charge in [-0.15, -0.1) is 0 Å². The summed E-state index contributed by atoms with van der Waals surface area (Å²) in [7, 11) is -3.93. The zero-order valence-electron chi connectivity index (χ0n) is 10.4. The number of benzene rings is 1. The number of nitrogens with two attached hydrogens (primary N) is 1. The highest BCUT2D eigenvalue weighted by Crippen LogP contribution is 2.24. The Morgan fingerprint density at radius 3 is 2.70 bits per heavy atom. The van der Waals surface area contributed by atoms with Crippen LogP contribution in [0, 0.1) is 12.7 Å². The van der Waals surface area contributed by atoms with E-state index < -0.39 is 15.8 Å². The third-order valence-electron chi connectivity index (χ3n) is 2.56. The first-order chi connectivity index (χ1) is 9.29. The maximum atomic E-state index is 13.4. The summed E-state index contributed by atoms with van der Waals surface area (Å²) in [6.07, 6.45) is 1.39. The molecule has 3 N–H and O–H groups in total. The first-order valence-corrected chi connectivity index (χ1v) is 7.77. The molecular weight excluding hydrogens is 349 g/mol. The van der Waals surface area contributed by atoms with Crippen LogP contribution in [-0.2, 0) is 10.0 Å². The van der Waals surface area contributed by atoms with Gasteiger partial charge in [0.05, 0.1) is 5.69 Å². The number of halogens is 2. The Kier molecular flexibility index (Phi) is 3.96. The van der Waals surface area contributed by atoms with E-state index in [-0.39, 0.29) is 16.4 Å². The molecule has 1 aromatic heterocycles. The molecular formula is C12H11BrFN3O2S. The second-order valence-electron chi connectivity index (χ2n) is 4.11. The minimum absolute atomic E-state index is 0.118. The Balaban J connectivity index is 2.40. The minimum Gasteiger partial charge on any atom is -0.383 e. The molecule has 1 heterocycles. The van der Waals surface area contributed by atoms with Crippen molar-refractivity contribution < 1.29 is 12.8 Å². The fraction of sp³-hybridized carbons (Fsp3) is 0.0833. The molecule has 0 aliphatic carbocycles. The van der Waals surface area contributed by atoms with E-state index in [0.717, 1.165) is 6.07 Å². The van der Waals surface area contributed by atoms with E-state index in [1.54, 1.807) is 6.92 Å². The van der Waals surface area contributed by atoms with Crippen LogP contribution in [0.3, 0.4) is 0 Å². The molecule has 0 unspecified atom stereocenters. The van der Waals surface area contributed by atoms with Crippen molar-refractivity contribution in [2.45, 2.75) is 11.8 Å². The number of hydrogen-bond donors (Lipinski definition) is 2. The Morgan fingerprint density at radius 1 is 1.35 bits per heavy atom. The second-order valence-corrected chi connectivity index (χ2v) is 6.67. The average molecular weight is 360 g/mol. The van der Waals surface area contributed by atoms with Crippen LogP contribution in [-0.4, -0.2) is 13.4 Å². The van der Waals surface area contributed by atoms with Gasteiger partial charge in [-0.05, 0) is 46.6 Å². The van der Waals surface area contributed by atoms with Gasteiger partial charge in [-0.3, -0.25) is 4.72 Å². The molecule has 106 valence electrons. The van der Waals surface area contributed by atoms with Gasteiger partial charge in [-0.25, -0.2) is 17.8 Å². The molecule has 0 amide bonds. The van der Waals surface area contributed by atoms with E-state index in [0.29, 0.717) is 10.0 Å². The number of aryl methyl sites for hydroxylation is 1. The Morgan fingerprint density at radius 2 is 2.05 bits per heavy atom. The molecule has 0 aliphatic rings. The van der Waals surface area contributed by atoms with Gasteiger partial charge in [0, 0.05) is 10.7 Å². The number of nitrogen functional groups attached to an aromatic ring is 1. The third kappa shape index (κ3) is 3.07. The number of nitrogens with one attached hydrogen (secondary N) is 1. The molecule has 0 aliphatic heterocycles. The summed E-state index contributed by atoms with van der Waals surface area (Å²) in [5, 5.41) is 0. The normalized spacial score (nSPS) is 11.3. The van der Waals surface area contributed by atoms with Crippen LogP contribution in [0.2, 0.25) is 0 Å². The van der Waals surface area contributed by atoms with Crippen molar-refractivity contribution in [1.29, 1.82) is 0 Å². The van der Waals surface area contributed by atoms with Gasteiger partial charge in [0.25, 0.3) is 10.0 Å². The van der Waals surface area contributed by atoms with E-state index in [9.17, 15) is 12.8 Å². The summed E-state index contributed by atoms with van der Waals surface area (Å²) in [4.78, 5) is 3.58. The van der Waals surface area contributed by atoms with E-state index in [1.165, 1.54) is 24.4 Å². The molecule has 8 heteroatoms. The van der Waals surface area contributed by atoms with Gasteiger partial charge in [0.1, 0.15) is 16.5 Å². The Labute approximate surface area is 124 Å². The highest BCUT2D eigenvalue weighted by Gasteiger charge is 2.19. The molecule has 1 aromatic carbocycles. The largest absolute Gasteiger partial charge is 0.383 e. The van der Waals surface area contributed by atoms with E-state index >= 15 is 0 Å². The molecule has 0 bridgehead atoms. The maximum Gasteiger partial charge on any atom is 0.265 e. The standard InChI is InChI=1S/C12H11BrFN3O2S/c1-7-2-3-9(5-10(7)14)17-20(18,19)11-4-8(13)6-16-12(11)15/h2-6,17H,1H3,(H2,15,16). The van der Waals surface area contributed by atoms with Crippen LogP contribution in [0.15, 0.2) is 39.8 Å².